The minimum absolute atomic E-state index is 0.0890. The van der Waals surface area contributed by atoms with Crippen molar-refractivity contribution >= 4 is 10.8 Å². The SMILES string of the molecule is C=C/C(=C\C=C\OCCCN1CCCC1)[C@H]1Oc2ccccc2S(=O)[C@H]1CC. The molecule has 1 saturated heterocycles. The zero-order valence-electron chi connectivity index (χ0n) is 16.7. The number of rotatable bonds is 9. The zero-order valence-corrected chi connectivity index (χ0v) is 17.5. The number of nitrogens with zero attached hydrogens (tertiary/aromatic N) is 1. The Labute approximate surface area is 171 Å². The van der Waals surface area contributed by atoms with E-state index in [0.717, 1.165) is 36.5 Å². The van der Waals surface area contributed by atoms with Gasteiger partial charge in [-0.1, -0.05) is 37.8 Å². The van der Waals surface area contributed by atoms with Crippen molar-refractivity contribution in [2.45, 2.75) is 48.9 Å². The molecule has 0 radical (unpaired) electrons. The van der Waals surface area contributed by atoms with E-state index in [2.05, 4.69) is 11.5 Å². The Morgan fingerprint density at radius 2 is 2.14 bits per heavy atom. The molecule has 2 aliphatic heterocycles. The summed E-state index contributed by atoms with van der Waals surface area (Å²) < 4.78 is 24.8. The van der Waals surface area contributed by atoms with Gasteiger partial charge < -0.3 is 14.4 Å². The first-order chi connectivity index (χ1) is 13.7. The molecule has 152 valence electrons. The van der Waals surface area contributed by atoms with Crippen LogP contribution in [0, 0.1) is 0 Å². The molecule has 0 aliphatic carbocycles. The minimum Gasteiger partial charge on any atom is -0.501 e. The number of benzene rings is 1. The lowest BCUT2D eigenvalue weighted by atomic mass is 10.0. The van der Waals surface area contributed by atoms with Crippen LogP contribution in [0.2, 0.25) is 0 Å². The molecule has 1 fully saturated rings. The average Bonchev–Trinajstić information content (AvgIpc) is 3.24. The molecular weight excluding hydrogens is 370 g/mol. The van der Waals surface area contributed by atoms with Crippen LogP contribution in [-0.4, -0.2) is 46.7 Å². The first kappa shape index (κ1) is 20.9. The molecule has 2 aliphatic rings. The van der Waals surface area contributed by atoms with Crippen molar-refractivity contribution in [3.63, 3.8) is 0 Å². The highest BCUT2D eigenvalue weighted by molar-refractivity contribution is 7.86. The third-order valence-corrected chi connectivity index (χ3v) is 7.20. The molecular formula is C23H31NO3S. The lowest BCUT2D eigenvalue weighted by Crippen LogP contribution is -2.39. The molecule has 1 aromatic rings. The van der Waals surface area contributed by atoms with E-state index in [0.29, 0.717) is 5.75 Å². The van der Waals surface area contributed by atoms with Crippen LogP contribution in [0.3, 0.4) is 0 Å². The van der Waals surface area contributed by atoms with Gasteiger partial charge >= 0.3 is 0 Å². The fourth-order valence-electron chi connectivity index (χ4n) is 3.78. The van der Waals surface area contributed by atoms with Gasteiger partial charge in [0.05, 0.1) is 33.8 Å². The van der Waals surface area contributed by atoms with E-state index in [1.165, 1.54) is 25.9 Å². The normalized spacial score (nSPS) is 25.5. The number of para-hydroxylation sites is 1. The maximum absolute atomic E-state index is 13.0. The maximum atomic E-state index is 13.0. The Hall–Kier alpha value is -1.85. The number of ether oxygens (including phenoxy) is 2. The van der Waals surface area contributed by atoms with Gasteiger partial charge in [-0.3, -0.25) is 4.21 Å². The van der Waals surface area contributed by atoms with Crippen LogP contribution in [0.25, 0.3) is 0 Å². The summed E-state index contributed by atoms with van der Waals surface area (Å²) in [5.41, 5.74) is 0.923. The smallest absolute Gasteiger partial charge is 0.138 e. The summed E-state index contributed by atoms with van der Waals surface area (Å²) in [5, 5.41) is -0.0890. The molecule has 4 nitrogen and oxygen atoms in total. The molecule has 2 heterocycles. The first-order valence-electron chi connectivity index (χ1n) is 10.2. The summed E-state index contributed by atoms with van der Waals surface area (Å²) in [7, 11) is -1.09. The molecule has 0 N–H and O–H groups in total. The average molecular weight is 402 g/mol. The number of hydrogen-bond donors (Lipinski definition) is 0. The predicted molar refractivity (Wildman–Crippen MR) is 115 cm³/mol. The molecule has 0 aromatic heterocycles. The highest BCUT2D eigenvalue weighted by Crippen LogP contribution is 2.35. The summed E-state index contributed by atoms with van der Waals surface area (Å²) in [5.74, 6) is 0.699. The van der Waals surface area contributed by atoms with E-state index in [9.17, 15) is 4.21 Å². The van der Waals surface area contributed by atoms with Gasteiger partial charge in [0.15, 0.2) is 0 Å². The molecule has 0 saturated carbocycles. The van der Waals surface area contributed by atoms with Crippen LogP contribution in [0.5, 0.6) is 5.75 Å². The highest BCUT2D eigenvalue weighted by atomic mass is 32.2. The monoisotopic (exact) mass is 401 g/mol. The van der Waals surface area contributed by atoms with Gasteiger partial charge in [0.1, 0.15) is 11.9 Å². The van der Waals surface area contributed by atoms with E-state index in [4.69, 9.17) is 9.47 Å². The molecule has 0 amide bonds. The van der Waals surface area contributed by atoms with Gasteiger partial charge in [0, 0.05) is 6.54 Å². The summed E-state index contributed by atoms with van der Waals surface area (Å²) >= 11 is 0. The van der Waals surface area contributed by atoms with Gasteiger partial charge in [-0.15, -0.1) is 0 Å². The van der Waals surface area contributed by atoms with Crippen LogP contribution in [-0.2, 0) is 15.5 Å². The fraction of sp³-hybridized carbons (Fsp3) is 0.478. The van der Waals surface area contributed by atoms with Crippen molar-refractivity contribution in [3.05, 3.63) is 60.9 Å². The molecule has 5 heteroatoms. The van der Waals surface area contributed by atoms with Crippen LogP contribution in [0.1, 0.15) is 32.6 Å². The Kier molecular flexibility index (Phi) is 7.92. The van der Waals surface area contributed by atoms with Crippen molar-refractivity contribution in [1.82, 2.24) is 4.90 Å². The summed E-state index contributed by atoms with van der Waals surface area (Å²) in [6.45, 7) is 10.3. The largest absolute Gasteiger partial charge is 0.501 e. The van der Waals surface area contributed by atoms with E-state index in [1.807, 2.05) is 43.3 Å². The lowest BCUT2D eigenvalue weighted by molar-refractivity contribution is 0.217. The molecule has 0 bridgehead atoms. The fourth-order valence-corrected chi connectivity index (χ4v) is 5.37. The second-order valence-corrected chi connectivity index (χ2v) is 8.84. The van der Waals surface area contributed by atoms with E-state index in [1.54, 1.807) is 12.3 Å². The van der Waals surface area contributed by atoms with E-state index < -0.39 is 10.8 Å². The Balaban J connectivity index is 1.56. The van der Waals surface area contributed by atoms with Crippen molar-refractivity contribution in [1.29, 1.82) is 0 Å². The van der Waals surface area contributed by atoms with Crippen molar-refractivity contribution in [3.8, 4) is 5.75 Å². The van der Waals surface area contributed by atoms with Crippen molar-refractivity contribution in [2.24, 2.45) is 0 Å². The van der Waals surface area contributed by atoms with Gasteiger partial charge in [-0.05, 0) is 62.6 Å². The topological polar surface area (TPSA) is 38.8 Å². The molecule has 3 atom stereocenters. The Bertz CT molecular complexity index is 737. The van der Waals surface area contributed by atoms with Crippen LogP contribution in [0.4, 0.5) is 0 Å². The number of fused-ring (bicyclic) bond motifs is 1. The second-order valence-electron chi connectivity index (χ2n) is 7.20. The standard InChI is InChI=1S/C23H31NO3S/c1-3-19(11-9-17-26-18-10-16-24-14-7-8-15-24)23-21(4-2)28(25)22-13-6-5-12-20(22)27-23/h3,5-6,9,11-13,17,21,23H,1,4,7-8,10,14-16,18H2,2H3/b17-9+,19-11+/t21-,23+,28?/m0/s1. The second kappa shape index (κ2) is 10.6. The third kappa shape index (κ3) is 5.15. The minimum atomic E-state index is -1.09. The molecule has 1 aromatic carbocycles. The number of hydrogen-bond acceptors (Lipinski definition) is 4. The third-order valence-electron chi connectivity index (χ3n) is 5.30. The molecule has 1 unspecified atom stereocenters. The van der Waals surface area contributed by atoms with Crippen LogP contribution in [0.15, 0.2) is 65.8 Å². The summed E-state index contributed by atoms with van der Waals surface area (Å²) in [6, 6.07) is 7.58. The van der Waals surface area contributed by atoms with E-state index >= 15 is 0 Å². The predicted octanol–water partition coefficient (Wildman–Crippen LogP) is 4.46. The van der Waals surface area contributed by atoms with Crippen molar-refractivity contribution < 1.29 is 13.7 Å². The quantitative estimate of drug-likeness (QED) is 0.348. The Morgan fingerprint density at radius 1 is 1.36 bits per heavy atom. The van der Waals surface area contributed by atoms with E-state index in [-0.39, 0.29) is 11.4 Å². The van der Waals surface area contributed by atoms with Gasteiger partial charge in [-0.25, -0.2) is 0 Å². The zero-order chi connectivity index (χ0) is 19.8. The van der Waals surface area contributed by atoms with Gasteiger partial charge in [0.25, 0.3) is 0 Å². The summed E-state index contributed by atoms with van der Waals surface area (Å²) in [6.07, 6.45) is 11.5. The van der Waals surface area contributed by atoms with Gasteiger partial charge in [-0.2, -0.15) is 0 Å². The van der Waals surface area contributed by atoms with Crippen LogP contribution >= 0.6 is 0 Å². The summed E-state index contributed by atoms with van der Waals surface area (Å²) in [4.78, 5) is 3.28. The molecule has 3 rings (SSSR count). The molecule has 0 spiro atoms. The van der Waals surface area contributed by atoms with Crippen LogP contribution < -0.4 is 4.74 Å². The first-order valence-corrected chi connectivity index (χ1v) is 11.4. The lowest BCUT2D eigenvalue weighted by Gasteiger charge is -2.33. The number of allylic oxidation sites excluding steroid dienone is 2. The maximum Gasteiger partial charge on any atom is 0.138 e. The highest BCUT2D eigenvalue weighted by Gasteiger charge is 2.36. The van der Waals surface area contributed by atoms with Gasteiger partial charge in [0.2, 0.25) is 0 Å². The Morgan fingerprint density at radius 3 is 2.89 bits per heavy atom. The van der Waals surface area contributed by atoms with Crippen molar-refractivity contribution in [2.75, 3.05) is 26.2 Å². The molecule has 28 heavy (non-hydrogen) atoms. The number of likely N-dealkylation sites (tertiary alicyclic amines) is 1.